The summed E-state index contributed by atoms with van der Waals surface area (Å²) in [5.74, 6) is -0.101. The van der Waals surface area contributed by atoms with Crippen molar-refractivity contribution in [1.82, 2.24) is 4.72 Å². The van der Waals surface area contributed by atoms with Gasteiger partial charge in [-0.2, -0.15) is 0 Å². The van der Waals surface area contributed by atoms with Crippen molar-refractivity contribution in [2.45, 2.75) is 42.3 Å². The van der Waals surface area contributed by atoms with Gasteiger partial charge in [-0.1, -0.05) is 35.9 Å². The second-order valence-electron chi connectivity index (χ2n) is 9.12. The zero-order valence-corrected chi connectivity index (χ0v) is 21.7. The van der Waals surface area contributed by atoms with Gasteiger partial charge >= 0.3 is 0 Å². The maximum Gasteiger partial charge on any atom is 0.260 e. The maximum absolute atomic E-state index is 13.8. The second-order valence-corrected chi connectivity index (χ2v) is 11.7. The number of nitrogens with zero attached hydrogens (tertiary/aromatic N) is 3. The first kappa shape index (κ1) is 24.8. The third-order valence-electron chi connectivity index (χ3n) is 7.06. The van der Waals surface area contributed by atoms with Crippen LogP contribution in [-0.4, -0.2) is 47.5 Å². The van der Waals surface area contributed by atoms with Gasteiger partial charge in [0.15, 0.2) is 0 Å². The summed E-state index contributed by atoms with van der Waals surface area (Å²) in [6.45, 7) is 0. The molecule has 1 aliphatic heterocycles. The molecule has 0 radical (unpaired) electrons. The van der Waals surface area contributed by atoms with E-state index in [1.165, 1.54) is 7.05 Å². The Kier molecular flexibility index (Phi) is 6.78. The fourth-order valence-electron chi connectivity index (χ4n) is 5.21. The molecule has 2 N–H and O–H groups in total. The fraction of sp³-hybridized carbons (Fsp3) is 0.296. The Morgan fingerprint density at radius 3 is 2.31 bits per heavy atom. The molecule has 0 saturated heterocycles. The molecular formula is C27H29ClN4O3S. The molecule has 7 nitrogen and oxygen atoms in total. The summed E-state index contributed by atoms with van der Waals surface area (Å²) in [5, 5.41) is 12.3. The van der Waals surface area contributed by atoms with E-state index in [4.69, 9.17) is 11.6 Å². The van der Waals surface area contributed by atoms with E-state index < -0.39 is 22.1 Å². The first-order valence-electron chi connectivity index (χ1n) is 12.0. The van der Waals surface area contributed by atoms with E-state index >= 15 is 0 Å². The molecule has 5 rings (SSSR count). The van der Waals surface area contributed by atoms with Gasteiger partial charge in [-0.05, 0) is 67.8 Å². The number of aliphatic hydroxyl groups is 1. The minimum Gasteiger partial charge on any atom is -0.389 e. The summed E-state index contributed by atoms with van der Waals surface area (Å²) in [6, 6.07) is 21.2. The average molecular weight is 525 g/mol. The summed E-state index contributed by atoms with van der Waals surface area (Å²) in [7, 11) is 0.305. The van der Waals surface area contributed by atoms with Crippen molar-refractivity contribution in [2.75, 3.05) is 23.9 Å². The third kappa shape index (κ3) is 4.28. The molecule has 2 aliphatic rings. The number of halogens is 1. The highest BCUT2D eigenvalue weighted by Gasteiger charge is 2.41. The molecular weight excluding hydrogens is 496 g/mol. The van der Waals surface area contributed by atoms with Crippen LogP contribution in [0.25, 0.3) is 0 Å². The van der Waals surface area contributed by atoms with E-state index in [9.17, 15) is 14.1 Å². The molecule has 9 heteroatoms. The molecule has 1 amide bonds. The van der Waals surface area contributed by atoms with Crippen molar-refractivity contribution in [3.05, 3.63) is 83.4 Å². The number of para-hydroxylation sites is 3. The third-order valence-corrected chi connectivity index (χ3v) is 9.36. The van der Waals surface area contributed by atoms with Crippen molar-refractivity contribution in [3.63, 3.8) is 0 Å². The van der Waals surface area contributed by atoms with Crippen LogP contribution >= 0.6 is 11.6 Å². The highest BCUT2D eigenvalue weighted by Crippen LogP contribution is 2.44. The molecule has 4 unspecified atom stereocenters. The Morgan fingerprint density at radius 1 is 0.972 bits per heavy atom. The largest absolute Gasteiger partial charge is 0.389 e. The number of nitrogens with one attached hydrogen (secondary N) is 1. The van der Waals surface area contributed by atoms with Gasteiger partial charge in [0.2, 0.25) is 0 Å². The van der Waals surface area contributed by atoms with Crippen molar-refractivity contribution >= 4 is 44.5 Å². The van der Waals surface area contributed by atoms with Gasteiger partial charge in [0.05, 0.1) is 39.7 Å². The number of rotatable bonds is 4. The Labute approximate surface area is 217 Å². The monoisotopic (exact) mass is 524 g/mol. The van der Waals surface area contributed by atoms with Gasteiger partial charge in [-0.15, -0.1) is 0 Å². The average Bonchev–Trinajstić information content (AvgIpc) is 2.99. The molecule has 3 aromatic carbocycles. The van der Waals surface area contributed by atoms with Gasteiger partial charge in [-0.3, -0.25) is 4.79 Å². The maximum atomic E-state index is 13.8. The lowest BCUT2D eigenvalue weighted by Gasteiger charge is -2.43. The lowest BCUT2D eigenvalue weighted by Crippen LogP contribution is -2.55. The number of benzene rings is 3. The summed E-state index contributed by atoms with van der Waals surface area (Å²) in [4.78, 5) is 17.6. The number of amides is 1. The molecule has 3 aromatic rings. The lowest BCUT2D eigenvalue weighted by atomic mass is 9.86. The lowest BCUT2D eigenvalue weighted by molar-refractivity contribution is 0.0816. The molecule has 4 atom stereocenters. The molecule has 0 bridgehead atoms. The van der Waals surface area contributed by atoms with E-state index in [2.05, 4.69) is 14.0 Å². The molecule has 1 fully saturated rings. The predicted molar refractivity (Wildman–Crippen MR) is 145 cm³/mol. The van der Waals surface area contributed by atoms with Crippen LogP contribution in [0.5, 0.6) is 0 Å². The van der Waals surface area contributed by atoms with Crippen LogP contribution in [0.15, 0.2) is 82.1 Å². The SMILES string of the molecule is CN=S(=O)(NC1CCCC(N2c3ccccc3C(=O)N(C)c3ccccc32)C1O)c1ccc(Cl)cc1. The molecule has 1 aliphatic carbocycles. The number of fused-ring (bicyclic) bond motifs is 2. The smallest absolute Gasteiger partial charge is 0.260 e. The molecule has 0 aromatic heterocycles. The quantitative estimate of drug-likeness (QED) is 0.502. The van der Waals surface area contributed by atoms with Crippen LogP contribution in [0, 0.1) is 0 Å². The first-order chi connectivity index (χ1) is 17.3. The van der Waals surface area contributed by atoms with Gasteiger partial charge in [0.1, 0.15) is 9.92 Å². The van der Waals surface area contributed by atoms with Gasteiger partial charge in [-0.25, -0.2) is 13.3 Å². The predicted octanol–water partition coefficient (Wildman–Crippen LogP) is 5.01. The van der Waals surface area contributed by atoms with E-state index in [-0.39, 0.29) is 11.9 Å². The Bertz CT molecular complexity index is 1400. The van der Waals surface area contributed by atoms with Crippen LogP contribution < -0.4 is 14.5 Å². The minimum absolute atomic E-state index is 0.101. The highest BCUT2D eigenvalue weighted by atomic mass is 35.5. The standard InChI is InChI=1S/C27H29ClN4O3S/c1-29-36(35,19-16-14-18(28)15-17-19)30-21-9-7-13-25(26(21)33)32-22-10-4-3-8-20(22)27(34)31(2)23-11-5-6-12-24(23)32/h3-6,8,10-12,14-17,21,25-26,33H,7,9,13H2,1-2H3,(H,29,30,35). The minimum atomic E-state index is -2.98. The molecule has 36 heavy (non-hydrogen) atoms. The number of hydrogen-bond acceptors (Lipinski definition) is 5. The second kappa shape index (κ2) is 9.86. The first-order valence-corrected chi connectivity index (χ1v) is 13.8. The molecule has 0 spiro atoms. The zero-order chi connectivity index (χ0) is 25.4. The van der Waals surface area contributed by atoms with E-state index in [1.807, 2.05) is 48.5 Å². The Hall–Kier alpha value is -2.91. The van der Waals surface area contributed by atoms with Crippen molar-refractivity contribution in [2.24, 2.45) is 4.36 Å². The van der Waals surface area contributed by atoms with E-state index in [0.717, 1.165) is 23.5 Å². The number of anilines is 3. The zero-order valence-electron chi connectivity index (χ0n) is 20.2. The highest BCUT2D eigenvalue weighted by molar-refractivity contribution is 7.91. The Balaban J connectivity index is 1.55. The summed E-state index contributed by atoms with van der Waals surface area (Å²) in [6.07, 6.45) is 1.30. The van der Waals surface area contributed by atoms with Crippen molar-refractivity contribution in [1.29, 1.82) is 0 Å². The van der Waals surface area contributed by atoms with Gasteiger partial charge < -0.3 is 14.9 Å². The van der Waals surface area contributed by atoms with E-state index in [1.54, 1.807) is 36.2 Å². The molecule has 1 saturated carbocycles. The van der Waals surface area contributed by atoms with Gasteiger partial charge in [0.25, 0.3) is 5.91 Å². The van der Waals surface area contributed by atoms with Crippen molar-refractivity contribution < 1.29 is 14.1 Å². The molecule has 188 valence electrons. The fourth-order valence-corrected chi connectivity index (χ4v) is 6.96. The number of carbonyl (C=O) groups is 1. The number of hydrogen-bond donors (Lipinski definition) is 2. The van der Waals surface area contributed by atoms with Crippen molar-refractivity contribution in [3.8, 4) is 0 Å². The van der Waals surface area contributed by atoms with Crippen LogP contribution in [0.4, 0.5) is 17.1 Å². The van der Waals surface area contributed by atoms with E-state index in [0.29, 0.717) is 28.3 Å². The number of aliphatic hydroxyl groups excluding tert-OH is 1. The summed E-state index contributed by atoms with van der Waals surface area (Å²) < 4.78 is 21.2. The summed E-state index contributed by atoms with van der Waals surface area (Å²) >= 11 is 6.02. The summed E-state index contributed by atoms with van der Waals surface area (Å²) in [5.41, 5.74) is 2.95. The van der Waals surface area contributed by atoms with Gasteiger partial charge in [0, 0.05) is 25.2 Å². The number of carbonyl (C=O) groups excluding carboxylic acids is 1. The Morgan fingerprint density at radius 2 is 1.61 bits per heavy atom. The van der Waals surface area contributed by atoms with Crippen LogP contribution in [-0.2, 0) is 9.92 Å². The van der Waals surface area contributed by atoms with Crippen LogP contribution in [0.2, 0.25) is 5.02 Å². The van der Waals surface area contributed by atoms with Crippen LogP contribution in [0.3, 0.4) is 0 Å². The topological polar surface area (TPSA) is 85.2 Å². The normalized spacial score (nSPS) is 23.3. The molecule has 1 heterocycles. The van der Waals surface area contributed by atoms with Crippen LogP contribution in [0.1, 0.15) is 29.6 Å².